The molecule has 0 aliphatic heterocycles. The van der Waals surface area contributed by atoms with E-state index in [4.69, 9.17) is 15.2 Å². The van der Waals surface area contributed by atoms with Crippen LogP contribution in [0.1, 0.15) is 37.9 Å². The molecule has 0 radical (unpaired) electrons. The van der Waals surface area contributed by atoms with Crippen LogP contribution in [0.2, 0.25) is 0 Å². The highest BCUT2D eigenvalue weighted by atomic mass is 16.5. The van der Waals surface area contributed by atoms with Gasteiger partial charge in [-0.2, -0.15) is 0 Å². The summed E-state index contributed by atoms with van der Waals surface area (Å²) in [4.78, 5) is 8.38. The number of aromatic nitrogens is 2. The van der Waals surface area contributed by atoms with Crippen molar-refractivity contribution in [2.75, 3.05) is 6.61 Å². The third kappa shape index (κ3) is 3.92. The van der Waals surface area contributed by atoms with E-state index in [9.17, 15) is 0 Å². The standard InChI is InChI=1S/C16H21N3O2/c1-4-20-15-7-12(9-17)5-6-14(15)21-16-8-13(11(2)3)18-10-19-16/h5-8,10-11H,4,9,17H2,1-3H3. The highest BCUT2D eigenvalue weighted by Gasteiger charge is 2.10. The Balaban J connectivity index is 2.28. The molecule has 0 atom stereocenters. The summed E-state index contributed by atoms with van der Waals surface area (Å²) in [7, 11) is 0. The van der Waals surface area contributed by atoms with Gasteiger partial charge in [-0.25, -0.2) is 9.97 Å². The van der Waals surface area contributed by atoms with E-state index in [1.54, 1.807) is 0 Å². The van der Waals surface area contributed by atoms with Crippen molar-refractivity contribution in [2.24, 2.45) is 5.73 Å². The Labute approximate surface area is 125 Å². The fourth-order valence-corrected chi connectivity index (χ4v) is 1.87. The molecule has 0 amide bonds. The first-order valence-electron chi connectivity index (χ1n) is 7.09. The van der Waals surface area contributed by atoms with Crippen molar-refractivity contribution < 1.29 is 9.47 Å². The summed E-state index contributed by atoms with van der Waals surface area (Å²) in [6, 6.07) is 7.51. The zero-order chi connectivity index (χ0) is 15.2. The van der Waals surface area contributed by atoms with Crippen LogP contribution >= 0.6 is 0 Å². The van der Waals surface area contributed by atoms with Gasteiger partial charge in [0.15, 0.2) is 11.5 Å². The van der Waals surface area contributed by atoms with Gasteiger partial charge in [0.05, 0.1) is 12.3 Å². The zero-order valence-electron chi connectivity index (χ0n) is 12.7. The average Bonchev–Trinajstić information content (AvgIpc) is 2.49. The van der Waals surface area contributed by atoms with Gasteiger partial charge in [-0.1, -0.05) is 19.9 Å². The van der Waals surface area contributed by atoms with Crippen LogP contribution < -0.4 is 15.2 Å². The van der Waals surface area contributed by atoms with Crippen LogP contribution in [0.3, 0.4) is 0 Å². The van der Waals surface area contributed by atoms with E-state index >= 15 is 0 Å². The predicted molar refractivity (Wildman–Crippen MR) is 81.7 cm³/mol. The molecule has 112 valence electrons. The normalized spacial score (nSPS) is 10.7. The highest BCUT2D eigenvalue weighted by molar-refractivity contribution is 5.44. The van der Waals surface area contributed by atoms with Gasteiger partial charge in [0.2, 0.25) is 5.88 Å². The van der Waals surface area contributed by atoms with Crippen LogP contribution in [-0.4, -0.2) is 16.6 Å². The molecule has 1 aromatic carbocycles. The van der Waals surface area contributed by atoms with Gasteiger partial charge in [0.25, 0.3) is 0 Å². The summed E-state index contributed by atoms with van der Waals surface area (Å²) in [6.45, 7) is 7.11. The summed E-state index contributed by atoms with van der Waals surface area (Å²) < 4.78 is 11.4. The molecule has 0 saturated carbocycles. The molecule has 2 N–H and O–H groups in total. The smallest absolute Gasteiger partial charge is 0.222 e. The lowest BCUT2D eigenvalue weighted by atomic mass is 10.1. The maximum absolute atomic E-state index is 5.84. The lowest BCUT2D eigenvalue weighted by Gasteiger charge is -2.13. The van der Waals surface area contributed by atoms with Crippen molar-refractivity contribution in [1.82, 2.24) is 9.97 Å². The van der Waals surface area contributed by atoms with Crippen molar-refractivity contribution in [2.45, 2.75) is 33.2 Å². The minimum atomic E-state index is 0.321. The van der Waals surface area contributed by atoms with E-state index in [2.05, 4.69) is 23.8 Å². The molecule has 0 bridgehead atoms. The van der Waals surface area contributed by atoms with Crippen molar-refractivity contribution >= 4 is 0 Å². The predicted octanol–water partition coefficient (Wildman–Crippen LogP) is 3.25. The molecule has 0 aliphatic carbocycles. The second-order valence-electron chi connectivity index (χ2n) is 4.96. The molecule has 0 fully saturated rings. The molecule has 2 aromatic rings. The lowest BCUT2D eigenvalue weighted by molar-refractivity contribution is 0.319. The van der Waals surface area contributed by atoms with E-state index in [1.807, 2.05) is 31.2 Å². The highest BCUT2D eigenvalue weighted by Crippen LogP contribution is 2.32. The Morgan fingerprint density at radius 2 is 1.95 bits per heavy atom. The topological polar surface area (TPSA) is 70.3 Å². The summed E-state index contributed by atoms with van der Waals surface area (Å²) in [5.41, 5.74) is 7.59. The number of nitrogens with two attached hydrogens (primary N) is 1. The van der Waals surface area contributed by atoms with Gasteiger partial charge >= 0.3 is 0 Å². The Morgan fingerprint density at radius 3 is 2.62 bits per heavy atom. The Kier molecular flexibility index (Phi) is 5.11. The van der Waals surface area contributed by atoms with Crippen molar-refractivity contribution in [3.63, 3.8) is 0 Å². The van der Waals surface area contributed by atoms with E-state index in [0.717, 1.165) is 11.3 Å². The van der Waals surface area contributed by atoms with Crippen molar-refractivity contribution in [3.8, 4) is 17.4 Å². The van der Waals surface area contributed by atoms with Crippen LogP contribution in [0.4, 0.5) is 0 Å². The minimum absolute atomic E-state index is 0.321. The molecule has 2 rings (SSSR count). The molecule has 1 aromatic heterocycles. The van der Waals surface area contributed by atoms with Gasteiger partial charge in [-0.3, -0.25) is 0 Å². The monoisotopic (exact) mass is 287 g/mol. The van der Waals surface area contributed by atoms with Gasteiger partial charge in [0.1, 0.15) is 6.33 Å². The van der Waals surface area contributed by atoms with Crippen LogP contribution in [0.5, 0.6) is 17.4 Å². The summed E-state index contributed by atoms with van der Waals surface area (Å²) in [5, 5.41) is 0. The van der Waals surface area contributed by atoms with E-state index < -0.39 is 0 Å². The number of ether oxygens (including phenoxy) is 2. The average molecular weight is 287 g/mol. The minimum Gasteiger partial charge on any atom is -0.490 e. The molecule has 0 unspecified atom stereocenters. The molecule has 0 spiro atoms. The molecule has 0 saturated heterocycles. The Morgan fingerprint density at radius 1 is 1.14 bits per heavy atom. The third-order valence-electron chi connectivity index (χ3n) is 3.01. The zero-order valence-corrected chi connectivity index (χ0v) is 12.7. The maximum Gasteiger partial charge on any atom is 0.222 e. The number of rotatable bonds is 6. The first-order valence-corrected chi connectivity index (χ1v) is 7.09. The van der Waals surface area contributed by atoms with E-state index in [1.165, 1.54) is 6.33 Å². The molecule has 5 heteroatoms. The van der Waals surface area contributed by atoms with Gasteiger partial charge < -0.3 is 15.2 Å². The fraction of sp³-hybridized carbons (Fsp3) is 0.375. The van der Waals surface area contributed by atoms with Gasteiger partial charge in [-0.15, -0.1) is 0 Å². The Hall–Kier alpha value is -2.14. The summed E-state index contributed by atoms with van der Waals surface area (Å²) in [5.74, 6) is 2.13. The number of nitrogens with zero attached hydrogens (tertiary/aromatic N) is 2. The molecular weight excluding hydrogens is 266 g/mol. The van der Waals surface area contributed by atoms with Crippen molar-refractivity contribution in [1.29, 1.82) is 0 Å². The fourth-order valence-electron chi connectivity index (χ4n) is 1.87. The number of benzene rings is 1. The quantitative estimate of drug-likeness (QED) is 0.883. The first kappa shape index (κ1) is 15.3. The number of hydrogen-bond acceptors (Lipinski definition) is 5. The molecule has 0 aliphatic rings. The largest absolute Gasteiger partial charge is 0.490 e. The van der Waals surface area contributed by atoms with Crippen LogP contribution in [0, 0.1) is 0 Å². The van der Waals surface area contributed by atoms with Crippen molar-refractivity contribution in [3.05, 3.63) is 41.9 Å². The van der Waals surface area contributed by atoms with E-state index in [0.29, 0.717) is 36.4 Å². The second-order valence-corrected chi connectivity index (χ2v) is 4.96. The van der Waals surface area contributed by atoms with Gasteiger partial charge in [0, 0.05) is 12.6 Å². The Bertz CT molecular complexity index is 600. The molecule has 1 heterocycles. The third-order valence-corrected chi connectivity index (χ3v) is 3.01. The van der Waals surface area contributed by atoms with Crippen LogP contribution in [0.15, 0.2) is 30.6 Å². The SMILES string of the molecule is CCOc1cc(CN)ccc1Oc1cc(C(C)C)ncn1. The first-order chi connectivity index (χ1) is 10.1. The second kappa shape index (κ2) is 7.04. The van der Waals surface area contributed by atoms with E-state index in [-0.39, 0.29) is 0 Å². The summed E-state index contributed by atoms with van der Waals surface area (Å²) in [6.07, 6.45) is 1.51. The molecular formula is C16H21N3O2. The number of hydrogen-bond donors (Lipinski definition) is 1. The lowest BCUT2D eigenvalue weighted by Crippen LogP contribution is -2.01. The maximum atomic E-state index is 5.84. The van der Waals surface area contributed by atoms with Gasteiger partial charge in [-0.05, 0) is 30.5 Å². The molecule has 21 heavy (non-hydrogen) atoms. The molecule has 5 nitrogen and oxygen atoms in total. The van der Waals surface area contributed by atoms with Crippen LogP contribution in [-0.2, 0) is 6.54 Å². The summed E-state index contributed by atoms with van der Waals surface area (Å²) >= 11 is 0. The van der Waals surface area contributed by atoms with Crippen LogP contribution in [0.25, 0.3) is 0 Å².